The molecule has 0 unspecified atom stereocenters. The summed E-state index contributed by atoms with van der Waals surface area (Å²) < 4.78 is 5.84. The third-order valence-corrected chi connectivity index (χ3v) is 3.41. The molecule has 0 saturated heterocycles. The Bertz CT molecular complexity index is 588. The Hall–Kier alpha value is -1.87. The first-order valence-electron chi connectivity index (χ1n) is 7.14. The summed E-state index contributed by atoms with van der Waals surface area (Å²) in [6.45, 7) is 4.96. The van der Waals surface area contributed by atoms with Gasteiger partial charge in [-0.05, 0) is 50.5 Å². The normalized spacial score (nSPS) is 14.3. The molecule has 0 aliphatic heterocycles. The third kappa shape index (κ3) is 3.58. The van der Waals surface area contributed by atoms with Crippen LogP contribution in [0, 0.1) is 13.8 Å². The van der Waals surface area contributed by atoms with Gasteiger partial charge in [0.25, 0.3) is 0 Å². The number of aryl methyl sites for hydroxylation is 2. The molecule has 1 N–H and O–H groups in total. The van der Waals surface area contributed by atoms with E-state index >= 15 is 0 Å². The van der Waals surface area contributed by atoms with Gasteiger partial charge in [-0.3, -0.25) is 0 Å². The van der Waals surface area contributed by atoms with Crippen LogP contribution >= 0.6 is 0 Å². The van der Waals surface area contributed by atoms with Gasteiger partial charge < -0.3 is 10.1 Å². The van der Waals surface area contributed by atoms with Crippen LogP contribution in [0.5, 0.6) is 11.6 Å². The van der Waals surface area contributed by atoms with Gasteiger partial charge in [0.15, 0.2) is 0 Å². The van der Waals surface area contributed by atoms with Gasteiger partial charge in [0.05, 0.1) is 0 Å². The van der Waals surface area contributed by atoms with Gasteiger partial charge in [-0.25, -0.2) is 4.98 Å². The Morgan fingerprint density at radius 1 is 1.15 bits per heavy atom. The van der Waals surface area contributed by atoms with Crippen LogP contribution in [-0.2, 0) is 6.54 Å². The molecule has 104 valence electrons. The number of benzene rings is 1. The van der Waals surface area contributed by atoms with Crippen LogP contribution in [-0.4, -0.2) is 11.0 Å². The Balaban J connectivity index is 1.72. The molecule has 0 amide bonds. The van der Waals surface area contributed by atoms with Crippen LogP contribution in [0.2, 0.25) is 0 Å². The summed E-state index contributed by atoms with van der Waals surface area (Å²) in [6.07, 6.45) is 2.60. The van der Waals surface area contributed by atoms with Crippen LogP contribution in [0.1, 0.15) is 29.7 Å². The minimum Gasteiger partial charge on any atom is -0.439 e. The highest BCUT2D eigenvalue weighted by Crippen LogP contribution is 2.23. The number of hydrogen-bond acceptors (Lipinski definition) is 3. The lowest BCUT2D eigenvalue weighted by molar-refractivity contribution is 0.460. The zero-order chi connectivity index (χ0) is 13.9. The van der Waals surface area contributed by atoms with Crippen molar-refractivity contribution in [1.82, 2.24) is 10.3 Å². The largest absolute Gasteiger partial charge is 0.439 e. The average molecular weight is 268 g/mol. The topological polar surface area (TPSA) is 34.1 Å². The predicted octanol–water partition coefficient (Wildman–Crippen LogP) is 3.74. The number of pyridine rings is 1. The molecule has 1 aliphatic rings. The van der Waals surface area contributed by atoms with Crippen molar-refractivity contribution in [2.45, 2.75) is 39.3 Å². The fraction of sp³-hybridized carbons (Fsp3) is 0.353. The van der Waals surface area contributed by atoms with Gasteiger partial charge in [0, 0.05) is 24.3 Å². The maximum Gasteiger partial charge on any atom is 0.219 e. The number of nitrogens with one attached hydrogen (secondary N) is 1. The molecule has 0 atom stereocenters. The number of rotatable bonds is 5. The zero-order valence-electron chi connectivity index (χ0n) is 12.0. The van der Waals surface area contributed by atoms with Gasteiger partial charge in [0.1, 0.15) is 5.75 Å². The summed E-state index contributed by atoms with van der Waals surface area (Å²) in [5, 5.41) is 3.52. The maximum atomic E-state index is 5.84. The summed E-state index contributed by atoms with van der Waals surface area (Å²) in [6, 6.07) is 12.9. The van der Waals surface area contributed by atoms with Crippen molar-refractivity contribution in [2.75, 3.05) is 0 Å². The Morgan fingerprint density at radius 3 is 2.60 bits per heavy atom. The van der Waals surface area contributed by atoms with Gasteiger partial charge in [-0.1, -0.05) is 17.7 Å². The summed E-state index contributed by atoms with van der Waals surface area (Å²) in [5.41, 5.74) is 3.44. The van der Waals surface area contributed by atoms with Gasteiger partial charge >= 0.3 is 0 Å². The van der Waals surface area contributed by atoms with Gasteiger partial charge in [0.2, 0.25) is 5.88 Å². The summed E-state index contributed by atoms with van der Waals surface area (Å²) >= 11 is 0. The van der Waals surface area contributed by atoms with Gasteiger partial charge in [-0.2, -0.15) is 0 Å². The van der Waals surface area contributed by atoms with E-state index in [1.807, 2.05) is 37.3 Å². The Kier molecular flexibility index (Phi) is 3.70. The van der Waals surface area contributed by atoms with Crippen LogP contribution in [0.15, 0.2) is 36.4 Å². The van der Waals surface area contributed by atoms with Gasteiger partial charge in [-0.15, -0.1) is 0 Å². The maximum absolute atomic E-state index is 5.84. The highest BCUT2D eigenvalue weighted by atomic mass is 16.5. The number of nitrogens with zero attached hydrogens (tertiary/aromatic N) is 1. The lowest BCUT2D eigenvalue weighted by atomic mass is 10.2. The van der Waals surface area contributed by atoms with Crippen LogP contribution < -0.4 is 10.1 Å². The quantitative estimate of drug-likeness (QED) is 0.897. The second-order valence-corrected chi connectivity index (χ2v) is 5.53. The fourth-order valence-corrected chi connectivity index (χ4v) is 2.14. The number of aromatic nitrogens is 1. The molecule has 2 aromatic rings. The Labute approximate surface area is 120 Å². The SMILES string of the molecule is Cc1ccc(Oc2cc(CNC3CC3)cc(C)n2)cc1. The van der Waals surface area contributed by atoms with E-state index in [0.717, 1.165) is 18.0 Å². The first-order valence-corrected chi connectivity index (χ1v) is 7.14. The highest BCUT2D eigenvalue weighted by Gasteiger charge is 2.20. The minimum absolute atomic E-state index is 0.668. The van der Waals surface area contributed by atoms with Crippen LogP contribution in [0.3, 0.4) is 0 Å². The Morgan fingerprint density at radius 2 is 1.90 bits per heavy atom. The molecule has 0 spiro atoms. The highest BCUT2D eigenvalue weighted by molar-refractivity contribution is 5.32. The van der Waals surface area contributed by atoms with E-state index in [1.165, 1.54) is 24.0 Å². The molecule has 1 aliphatic carbocycles. The smallest absolute Gasteiger partial charge is 0.219 e. The molecule has 1 fully saturated rings. The number of hydrogen-bond donors (Lipinski definition) is 1. The molecular weight excluding hydrogens is 248 g/mol. The van der Waals surface area contributed by atoms with Crippen molar-refractivity contribution >= 4 is 0 Å². The van der Waals surface area contributed by atoms with Crippen molar-refractivity contribution in [3.63, 3.8) is 0 Å². The van der Waals surface area contributed by atoms with E-state index in [-0.39, 0.29) is 0 Å². The van der Waals surface area contributed by atoms with Crippen LogP contribution in [0.25, 0.3) is 0 Å². The van der Waals surface area contributed by atoms with Crippen molar-refractivity contribution in [1.29, 1.82) is 0 Å². The van der Waals surface area contributed by atoms with Crippen LogP contribution in [0.4, 0.5) is 0 Å². The molecule has 1 saturated carbocycles. The molecule has 0 bridgehead atoms. The summed E-state index contributed by atoms with van der Waals surface area (Å²) in [5.74, 6) is 1.50. The van der Waals surface area contributed by atoms with E-state index in [9.17, 15) is 0 Å². The predicted molar refractivity (Wildman–Crippen MR) is 80.1 cm³/mol. The molecule has 1 aromatic heterocycles. The molecule has 3 heteroatoms. The second kappa shape index (κ2) is 5.63. The second-order valence-electron chi connectivity index (χ2n) is 5.53. The number of ether oxygens (including phenoxy) is 1. The summed E-state index contributed by atoms with van der Waals surface area (Å²) in [7, 11) is 0. The van der Waals surface area contributed by atoms with Crippen molar-refractivity contribution in [2.24, 2.45) is 0 Å². The molecule has 3 rings (SSSR count). The fourth-order valence-electron chi connectivity index (χ4n) is 2.14. The zero-order valence-corrected chi connectivity index (χ0v) is 12.0. The molecule has 3 nitrogen and oxygen atoms in total. The van der Waals surface area contributed by atoms with Crippen molar-refractivity contribution < 1.29 is 4.74 Å². The third-order valence-electron chi connectivity index (χ3n) is 3.41. The van der Waals surface area contributed by atoms with Crippen molar-refractivity contribution in [3.8, 4) is 11.6 Å². The summed E-state index contributed by atoms with van der Waals surface area (Å²) in [4.78, 5) is 4.44. The molecular formula is C17H20N2O. The van der Waals surface area contributed by atoms with Crippen molar-refractivity contribution in [3.05, 3.63) is 53.2 Å². The lowest BCUT2D eigenvalue weighted by Crippen LogP contribution is -2.15. The molecule has 1 aromatic carbocycles. The van der Waals surface area contributed by atoms with E-state index < -0.39 is 0 Å². The van der Waals surface area contributed by atoms with E-state index in [0.29, 0.717) is 11.9 Å². The lowest BCUT2D eigenvalue weighted by Gasteiger charge is -2.09. The van der Waals surface area contributed by atoms with E-state index in [2.05, 4.69) is 23.3 Å². The monoisotopic (exact) mass is 268 g/mol. The molecule has 0 radical (unpaired) electrons. The van der Waals surface area contributed by atoms with E-state index in [4.69, 9.17) is 4.74 Å². The van der Waals surface area contributed by atoms with E-state index in [1.54, 1.807) is 0 Å². The standard InChI is InChI=1S/C17H20N2O/c1-12-3-7-16(8-4-12)20-17-10-14(9-13(2)19-17)11-18-15-5-6-15/h3-4,7-10,15,18H,5-6,11H2,1-2H3. The average Bonchev–Trinajstić information content (AvgIpc) is 3.23. The first-order chi connectivity index (χ1) is 9.69. The molecule has 20 heavy (non-hydrogen) atoms. The minimum atomic E-state index is 0.668. The first kappa shape index (κ1) is 13.1. The molecule has 1 heterocycles.